The van der Waals surface area contributed by atoms with Crippen LogP contribution in [0.25, 0.3) is 0 Å². The summed E-state index contributed by atoms with van der Waals surface area (Å²) in [5, 5.41) is 3.40. The van der Waals surface area contributed by atoms with E-state index >= 15 is 0 Å². The molecule has 1 rings (SSSR count). The van der Waals surface area contributed by atoms with Crippen LogP contribution in [0, 0.1) is 12.3 Å². The van der Waals surface area contributed by atoms with Gasteiger partial charge in [-0.1, -0.05) is 40.9 Å². The number of hydrogen-bond acceptors (Lipinski definition) is 1. The van der Waals surface area contributed by atoms with Crippen LogP contribution in [0.5, 0.6) is 0 Å². The number of rotatable bonds is 4. The Morgan fingerprint density at radius 3 is 2.80 bits per heavy atom. The summed E-state index contributed by atoms with van der Waals surface area (Å²) in [4.78, 5) is 0. The van der Waals surface area contributed by atoms with Crippen molar-refractivity contribution in [1.29, 1.82) is 0 Å². The first-order chi connectivity index (χ1) is 7.17. The van der Waals surface area contributed by atoms with Crippen molar-refractivity contribution in [3.8, 4) is 12.3 Å². The largest absolute Gasteiger partial charge is 0.297 e. The minimum absolute atomic E-state index is 0.152. The minimum Gasteiger partial charge on any atom is -0.297 e. The molecule has 1 nitrogen and oxygen atoms in total. The molecule has 2 heteroatoms. The molecule has 0 aromatic heterocycles. The first-order valence-electron chi connectivity index (χ1n) is 5.15. The van der Waals surface area contributed by atoms with Gasteiger partial charge in [-0.15, -0.1) is 6.42 Å². The number of benzene rings is 1. The third-order valence-electron chi connectivity index (χ3n) is 2.41. The molecule has 0 amide bonds. The summed E-state index contributed by atoms with van der Waals surface area (Å²) in [6.45, 7) is 4.22. The van der Waals surface area contributed by atoms with Gasteiger partial charge in [-0.05, 0) is 31.0 Å². The predicted molar refractivity (Wildman–Crippen MR) is 68.6 cm³/mol. The summed E-state index contributed by atoms with van der Waals surface area (Å²) in [6.07, 6.45) is 6.37. The molecule has 0 radical (unpaired) electrons. The highest BCUT2D eigenvalue weighted by molar-refractivity contribution is 9.10. The lowest BCUT2D eigenvalue weighted by Gasteiger charge is -2.18. The second kappa shape index (κ2) is 5.95. The Kier molecular flexibility index (Phi) is 4.87. The van der Waals surface area contributed by atoms with Crippen LogP contribution in [0.3, 0.4) is 0 Å². The average molecular weight is 266 g/mol. The molecule has 0 aliphatic rings. The number of terminal acetylenes is 1. The van der Waals surface area contributed by atoms with Gasteiger partial charge in [0, 0.05) is 10.5 Å². The summed E-state index contributed by atoms with van der Waals surface area (Å²) in [6, 6.07) is 8.71. The fourth-order valence-corrected chi connectivity index (χ4v) is 1.87. The van der Waals surface area contributed by atoms with Gasteiger partial charge in [0.05, 0.1) is 6.04 Å². The van der Waals surface area contributed by atoms with Crippen LogP contribution >= 0.6 is 15.9 Å². The zero-order chi connectivity index (χ0) is 11.3. The maximum atomic E-state index is 5.42. The van der Waals surface area contributed by atoms with E-state index in [1.165, 1.54) is 5.56 Å². The van der Waals surface area contributed by atoms with E-state index in [1.807, 2.05) is 12.1 Å². The van der Waals surface area contributed by atoms with E-state index in [2.05, 4.69) is 53.1 Å². The summed E-state index contributed by atoms with van der Waals surface area (Å²) in [5.74, 6) is 2.74. The molecule has 0 bridgehead atoms. The van der Waals surface area contributed by atoms with E-state index in [4.69, 9.17) is 6.42 Å². The lowest BCUT2D eigenvalue weighted by atomic mass is 10.1. The molecule has 2 unspecified atom stereocenters. The lowest BCUT2D eigenvalue weighted by molar-refractivity contribution is 0.512. The van der Waals surface area contributed by atoms with E-state index < -0.39 is 0 Å². The van der Waals surface area contributed by atoms with Crippen molar-refractivity contribution in [2.45, 2.75) is 32.4 Å². The van der Waals surface area contributed by atoms with Crippen molar-refractivity contribution >= 4 is 15.9 Å². The Morgan fingerprint density at radius 1 is 1.53 bits per heavy atom. The summed E-state index contributed by atoms with van der Waals surface area (Å²) < 4.78 is 1.10. The molecule has 0 aliphatic heterocycles. The van der Waals surface area contributed by atoms with E-state index in [9.17, 15) is 0 Å². The first-order valence-corrected chi connectivity index (χ1v) is 5.94. The smallest absolute Gasteiger partial charge is 0.0688 e. The van der Waals surface area contributed by atoms with Crippen LogP contribution in [-0.2, 0) is 0 Å². The SMILES string of the molecule is C#CC(CC)NC(C)c1cccc(Br)c1. The highest BCUT2D eigenvalue weighted by Gasteiger charge is 2.09. The van der Waals surface area contributed by atoms with Crippen LogP contribution in [0.15, 0.2) is 28.7 Å². The fraction of sp³-hybridized carbons (Fsp3) is 0.385. The van der Waals surface area contributed by atoms with Crippen molar-refractivity contribution in [2.24, 2.45) is 0 Å². The van der Waals surface area contributed by atoms with E-state index in [1.54, 1.807) is 0 Å². The maximum absolute atomic E-state index is 5.42. The number of hydrogen-bond donors (Lipinski definition) is 1. The molecule has 15 heavy (non-hydrogen) atoms. The van der Waals surface area contributed by atoms with Gasteiger partial charge in [0.15, 0.2) is 0 Å². The topological polar surface area (TPSA) is 12.0 Å². The third kappa shape index (κ3) is 3.70. The highest BCUT2D eigenvalue weighted by Crippen LogP contribution is 2.18. The molecule has 0 heterocycles. The summed E-state index contributed by atoms with van der Waals surface area (Å²) >= 11 is 3.46. The van der Waals surface area contributed by atoms with Crippen molar-refractivity contribution < 1.29 is 0 Å². The van der Waals surface area contributed by atoms with Crippen LogP contribution in [0.4, 0.5) is 0 Å². The van der Waals surface area contributed by atoms with Crippen molar-refractivity contribution in [2.75, 3.05) is 0 Å². The first kappa shape index (κ1) is 12.3. The van der Waals surface area contributed by atoms with Gasteiger partial charge in [0.25, 0.3) is 0 Å². The standard InChI is InChI=1S/C13H16BrN/c1-4-13(5-2)15-10(3)11-7-6-8-12(14)9-11/h1,6-10,13,15H,5H2,2-3H3. The van der Waals surface area contributed by atoms with E-state index in [0.717, 1.165) is 10.9 Å². The molecule has 0 saturated carbocycles. The monoisotopic (exact) mass is 265 g/mol. The minimum atomic E-state index is 0.152. The number of halogens is 1. The summed E-state index contributed by atoms with van der Waals surface area (Å²) in [7, 11) is 0. The molecule has 1 N–H and O–H groups in total. The molecule has 1 aromatic carbocycles. The predicted octanol–water partition coefficient (Wildman–Crippen LogP) is 3.51. The van der Waals surface area contributed by atoms with E-state index in [0.29, 0.717) is 0 Å². The van der Waals surface area contributed by atoms with Gasteiger partial charge in [-0.25, -0.2) is 0 Å². The van der Waals surface area contributed by atoms with Crippen LogP contribution in [-0.4, -0.2) is 6.04 Å². The van der Waals surface area contributed by atoms with Gasteiger partial charge in [-0.3, -0.25) is 5.32 Å². The fourth-order valence-electron chi connectivity index (χ4n) is 1.46. The zero-order valence-corrected chi connectivity index (χ0v) is 10.7. The van der Waals surface area contributed by atoms with Gasteiger partial charge in [0.1, 0.15) is 0 Å². The third-order valence-corrected chi connectivity index (χ3v) is 2.90. The molecule has 1 aromatic rings. The molecular weight excluding hydrogens is 250 g/mol. The van der Waals surface area contributed by atoms with Crippen LogP contribution < -0.4 is 5.32 Å². The van der Waals surface area contributed by atoms with E-state index in [-0.39, 0.29) is 12.1 Å². The number of nitrogens with one attached hydrogen (secondary N) is 1. The molecule has 0 spiro atoms. The summed E-state index contributed by atoms with van der Waals surface area (Å²) in [5.41, 5.74) is 1.25. The molecule has 80 valence electrons. The molecule has 0 saturated heterocycles. The molecule has 2 atom stereocenters. The normalized spacial score (nSPS) is 14.3. The van der Waals surface area contributed by atoms with Gasteiger partial charge < -0.3 is 0 Å². The molecular formula is C13H16BrN. The molecule has 0 aliphatic carbocycles. The Morgan fingerprint density at radius 2 is 2.27 bits per heavy atom. The van der Waals surface area contributed by atoms with Crippen molar-refractivity contribution in [1.82, 2.24) is 5.32 Å². The lowest BCUT2D eigenvalue weighted by Crippen LogP contribution is -2.29. The Hall–Kier alpha value is -0.780. The van der Waals surface area contributed by atoms with Gasteiger partial charge >= 0.3 is 0 Å². The molecule has 0 fully saturated rings. The Labute approximate surface area is 100 Å². The van der Waals surface area contributed by atoms with Gasteiger partial charge in [0.2, 0.25) is 0 Å². The van der Waals surface area contributed by atoms with Crippen LogP contribution in [0.2, 0.25) is 0 Å². The van der Waals surface area contributed by atoms with Crippen LogP contribution in [0.1, 0.15) is 31.9 Å². The zero-order valence-electron chi connectivity index (χ0n) is 9.13. The Bertz CT molecular complexity index is 354. The highest BCUT2D eigenvalue weighted by atomic mass is 79.9. The average Bonchev–Trinajstić information content (AvgIpc) is 2.25. The second-order valence-electron chi connectivity index (χ2n) is 3.57. The quantitative estimate of drug-likeness (QED) is 0.822. The van der Waals surface area contributed by atoms with Crippen molar-refractivity contribution in [3.63, 3.8) is 0 Å². The maximum Gasteiger partial charge on any atom is 0.0688 e. The Balaban J connectivity index is 2.69. The second-order valence-corrected chi connectivity index (χ2v) is 4.49. The van der Waals surface area contributed by atoms with Gasteiger partial charge in [-0.2, -0.15) is 0 Å². The van der Waals surface area contributed by atoms with Crippen molar-refractivity contribution in [3.05, 3.63) is 34.3 Å².